The second kappa shape index (κ2) is 4.66. The average Bonchev–Trinajstić information content (AvgIpc) is 3.12. The predicted molar refractivity (Wildman–Crippen MR) is 82.5 cm³/mol. The Morgan fingerprint density at radius 2 is 2.23 bits per heavy atom. The van der Waals surface area contributed by atoms with Gasteiger partial charge in [-0.15, -0.1) is 5.10 Å². The van der Waals surface area contributed by atoms with Crippen molar-refractivity contribution in [3.8, 4) is 11.3 Å². The zero-order valence-corrected chi connectivity index (χ0v) is 11.7. The molecule has 0 saturated carbocycles. The van der Waals surface area contributed by atoms with Crippen LogP contribution in [-0.4, -0.2) is 31.2 Å². The Bertz CT molecular complexity index is 1000. The van der Waals surface area contributed by atoms with E-state index in [0.29, 0.717) is 17.9 Å². The molecule has 7 heteroatoms. The number of carbonyl (C=O) groups is 1. The highest BCUT2D eigenvalue weighted by molar-refractivity contribution is 5.95. The van der Waals surface area contributed by atoms with Gasteiger partial charge >= 0.3 is 0 Å². The second-order valence-electron chi connectivity index (χ2n) is 5.00. The highest BCUT2D eigenvalue weighted by atomic mass is 16.1. The van der Waals surface area contributed by atoms with Crippen LogP contribution in [0.4, 0.5) is 5.82 Å². The van der Waals surface area contributed by atoms with Crippen molar-refractivity contribution >= 4 is 28.8 Å². The minimum atomic E-state index is 0.470. The van der Waals surface area contributed by atoms with Crippen molar-refractivity contribution in [3.05, 3.63) is 42.2 Å². The van der Waals surface area contributed by atoms with E-state index in [0.717, 1.165) is 27.7 Å². The molecule has 0 unspecified atom stereocenters. The minimum Gasteiger partial charge on any atom is -0.312 e. The fourth-order valence-corrected chi connectivity index (χ4v) is 2.62. The number of H-pyrrole nitrogens is 1. The van der Waals surface area contributed by atoms with Crippen LogP contribution in [0.3, 0.4) is 0 Å². The van der Waals surface area contributed by atoms with Gasteiger partial charge in [0.15, 0.2) is 11.5 Å². The van der Waals surface area contributed by atoms with E-state index in [9.17, 15) is 4.79 Å². The summed E-state index contributed by atoms with van der Waals surface area (Å²) < 4.78 is 1.63. The smallest absolute Gasteiger partial charge is 0.212 e. The van der Waals surface area contributed by atoms with E-state index in [1.807, 2.05) is 31.3 Å². The summed E-state index contributed by atoms with van der Waals surface area (Å²) in [6, 6.07) is 7.67. The van der Waals surface area contributed by atoms with E-state index in [-0.39, 0.29) is 0 Å². The molecule has 2 N–H and O–H groups in total. The van der Waals surface area contributed by atoms with E-state index >= 15 is 0 Å². The Kier molecular flexibility index (Phi) is 2.65. The van der Waals surface area contributed by atoms with Gasteiger partial charge in [0.25, 0.3) is 0 Å². The zero-order valence-electron chi connectivity index (χ0n) is 11.7. The molecule has 3 aromatic heterocycles. The summed E-state index contributed by atoms with van der Waals surface area (Å²) in [5.74, 6) is 0.470. The van der Waals surface area contributed by atoms with Gasteiger partial charge < -0.3 is 5.32 Å². The topological polar surface area (TPSA) is 88.0 Å². The first-order chi connectivity index (χ1) is 10.8. The number of benzene rings is 1. The third-order valence-corrected chi connectivity index (χ3v) is 3.62. The Morgan fingerprint density at radius 1 is 1.32 bits per heavy atom. The summed E-state index contributed by atoms with van der Waals surface area (Å²) in [5, 5.41) is 14.8. The monoisotopic (exact) mass is 292 g/mol. The molecule has 7 nitrogen and oxygen atoms in total. The fourth-order valence-electron chi connectivity index (χ4n) is 2.62. The van der Waals surface area contributed by atoms with Crippen molar-refractivity contribution in [2.75, 3.05) is 5.32 Å². The molecule has 0 saturated heterocycles. The van der Waals surface area contributed by atoms with Crippen molar-refractivity contribution in [1.82, 2.24) is 24.8 Å². The quantitative estimate of drug-likeness (QED) is 0.566. The molecular formula is C15H12N6O. The molecule has 0 fully saturated rings. The lowest BCUT2D eigenvalue weighted by Crippen LogP contribution is -1.95. The number of aryl methyl sites for hydroxylation is 1. The SMILES string of the molecule is Cc1ccc2[nH]ncc2c1-c1ccn2nc(NC=O)cc2n1. The van der Waals surface area contributed by atoms with Gasteiger partial charge in [0, 0.05) is 23.2 Å². The molecule has 0 aliphatic heterocycles. The largest absolute Gasteiger partial charge is 0.312 e. The van der Waals surface area contributed by atoms with E-state index in [2.05, 4.69) is 25.6 Å². The van der Waals surface area contributed by atoms with Crippen molar-refractivity contribution in [1.29, 1.82) is 0 Å². The fraction of sp³-hybridized carbons (Fsp3) is 0.0667. The van der Waals surface area contributed by atoms with Gasteiger partial charge in [0.2, 0.25) is 6.41 Å². The number of anilines is 1. The van der Waals surface area contributed by atoms with E-state index in [1.165, 1.54) is 0 Å². The molecule has 0 spiro atoms. The van der Waals surface area contributed by atoms with Crippen LogP contribution >= 0.6 is 0 Å². The molecule has 0 aliphatic carbocycles. The molecule has 0 atom stereocenters. The van der Waals surface area contributed by atoms with Crippen molar-refractivity contribution in [3.63, 3.8) is 0 Å². The number of hydrogen-bond acceptors (Lipinski definition) is 4. The molecule has 1 amide bonds. The summed E-state index contributed by atoms with van der Waals surface area (Å²) >= 11 is 0. The molecule has 4 rings (SSSR count). The van der Waals surface area contributed by atoms with Crippen LogP contribution in [0.5, 0.6) is 0 Å². The number of rotatable bonds is 3. The van der Waals surface area contributed by atoms with Crippen LogP contribution in [0.1, 0.15) is 5.56 Å². The number of amides is 1. The maximum Gasteiger partial charge on any atom is 0.212 e. The second-order valence-corrected chi connectivity index (χ2v) is 5.00. The Hall–Kier alpha value is -3.22. The van der Waals surface area contributed by atoms with Gasteiger partial charge in [-0.1, -0.05) is 6.07 Å². The summed E-state index contributed by atoms with van der Waals surface area (Å²) in [7, 11) is 0. The highest BCUT2D eigenvalue weighted by Crippen LogP contribution is 2.30. The average molecular weight is 292 g/mol. The van der Waals surface area contributed by atoms with Crippen molar-refractivity contribution < 1.29 is 4.79 Å². The van der Waals surface area contributed by atoms with Gasteiger partial charge in [-0.25, -0.2) is 9.50 Å². The van der Waals surface area contributed by atoms with Gasteiger partial charge in [-0.05, 0) is 24.6 Å². The molecule has 3 heterocycles. The number of hydrogen-bond donors (Lipinski definition) is 2. The molecular weight excluding hydrogens is 280 g/mol. The predicted octanol–water partition coefficient (Wildman–Crippen LogP) is 2.15. The first kappa shape index (κ1) is 12.5. The van der Waals surface area contributed by atoms with Crippen LogP contribution in [0.2, 0.25) is 0 Å². The lowest BCUT2D eigenvalue weighted by molar-refractivity contribution is -0.105. The molecule has 0 radical (unpaired) electrons. The Balaban J connectivity index is 1.94. The first-order valence-electron chi connectivity index (χ1n) is 6.76. The lowest BCUT2D eigenvalue weighted by Gasteiger charge is -2.07. The van der Waals surface area contributed by atoms with Gasteiger partial charge in [-0.3, -0.25) is 9.89 Å². The van der Waals surface area contributed by atoms with Gasteiger partial charge in [0.05, 0.1) is 17.4 Å². The number of aromatic amines is 1. The molecule has 0 bridgehead atoms. The van der Waals surface area contributed by atoms with E-state index in [4.69, 9.17) is 0 Å². The van der Waals surface area contributed by atoms with Crippen LogP contribution in [0.15, 0.2) is 36.7 Å². The number of carbonyl (C=O) groups excluding carboxylic acids is 1. The van der Waals surface area contributed by atoms with Gasteiger partial charge in [0.1, 0.15) is 0 Å². The first-order valence-corrected chi connectivity index (χ1v) is 6.76. The van der Waals surface area contributed by atoms with Crippen molar-refractivity contribution in [2.24, 2.45) is 0 Å². The van der Waals surface area contributed by atoms with Crippen molar-refractivity contribution in [2.45, 2.75) is 6.92 Å². The molecule has 108 valence electrons. The zero-order chi connectivity index (χ0) is 15.1. The van der Waals surface area contributed by atoms with Crippen LogP contribution in [0, 0.1) is 6.92 Å². The Labute approximate surface area is 125 Å². The summed E-state index contributed by atoms with van der Waals surface area (Å²) in [4.78, 5) is 15.2. The van der Waals surface area contributed by atoms with Gasteiger partial charge in [-0.2, -0.15) is 5.10 Å². The maximum absolute atomic E-state index is 10.5. The highest BCUT2D eigenvalue weighted by Gasteiger charge is 2.11. The summed E-state index contributed by atoms with van der Waals surface area (Å²) in [6.45, 7) is 2.05. The van der Waals surface area contributed by atoms with Crippen LogP contribution in [-0.2, 0) is 4.79 Å². The number of nitrogens with zero attached hydrogens (tertiary/aromatic N) is 4. The third-order valence-electron chi connectivity index (χ3n) is 3.62. The van der Waals surface area contributed by atoms with Crippen LogP contribution < -0.4 is 5.32 Å². The third kappa shape index (κ3) is 1.83. The summed E-state index contributed by atoms with van der Waals surface area (Å²) in [6.07, 6.45) is 4.23. The van der Waals surface area contributed by atoms with E-state index < -0.39 is 0 Å². The normalized spacial score (nSPS) is 11.1. The maximum atomic E-state index is 10.5. The lowest BCUT2D eigenvalue weighted by atomic mass is 10.0. The number of nitrogens with one attached hydrogen (secondary N) is 2. The molecule has 0 aliphatic rings. The number of aromatic nitrogens is 5. The number of fused-ring (bicyclic) bond motifs is 2. The van der Waals surface area contributed by atoms with Crippen LogP contribution in [0.25, 0.3) is 27.8 Å². The molecule has 1 aromatic carbocycles. The Morgan fingerprint density at radius 3 is 3.09 bits per heavy atom. The minimum absolute atomic E-state index is 0.470. The molecule has 4 aromatic rings. The summed E-state index contributed by atoms with van der Waals surface area (Å²) in [5.41, 5.74) is 4.65. The van der Waals surface area contributed by atoms with E-state index in [1.54, 1.807) is 16.8 Å². The molecule has 22 heavy (non-hydrogen) atoms. The standard InChI is InChI=1S/C15H12N6O/c1-9-2-3-11-10(7-17-19-11)15(9)12-4-5-21-14(18-12)6-13(20-21)16-8-22/h2-8H,1H3,(H,17,19)(H,16,20,22).